The van der Waals surface area contributed by atoms with Crippen LogP contribution in [0.25, 0.3) is 82.8 Å². The first-order chi connectivity index (χ1) is 27.8. The minimum absolute atomic E-state index is 0.0265. The molecule has 0 radical (unpaired) electrons. The summed E-state index contributed by atoms with van der Waals surface area (Å²) >= 11 is 0. The second-order valence-corrected chi connectivity index (χ2v) is 14.9. The lowest BCUT2D eigenvalue weighted by Gasteiger charge is -2.27. The SMILES string of the molecule is C1=CCCC(c2nc(C3=CC(n4c5ccccc5c5ccccc54)CC(n4c5ccccc5c5ccccc54)=C3)cc(-c3ccc(-c4ccccc4)cc3)n2)=C1. The number of para-hydroxylation sites is 4. The van der Waals surface area contributed by atoms with Crippen LogP contribution in [0.3, 0.4) is 0 Å². The third-order valence-corrected chi connectivity index (χ3v) is 11.5. The first-order valence-electron chi connectivity index (χ1n) is 19.6. The number of hydrogen-bond donors (Lipinski definition) is 0. The Bertz CT molecular complexity index is 2990. The van der Waals surface area contributed by atoms with E-state index in [0.29, 0.717) is 0 Å². The molecule has 2 aliphatic rings. The summed E-state index contributed by atoms with van der Waals surface area (Å²) in [5, 5.41) is 5.07. The zero-order valence-electron chi connectivity index (χ0n) is 30.9. The van der Waals surface area contributed by atoms with Crippen LogP contribution in [0.4, 0.5) is 0 Å². The van der Waals surface area contributed by atoms with Gasteiger partial charge in [0.15, 0.2) is 5.82 Å². The van der Waals surface area contributed by atoms with E-state index in [2.05, 4.69) is 197 Å². The Morgan fingerprint density at radius 3 is 1.68 bits per heavy atom. The Morgan fingerprint density at radius 1 is 0.518 bits per heavy atom. The highest BCUT2D eigenvalue weighted by Crippen LogP contribution is 2.43. The number of nitrogens with zero attached hydrogens (tertiary/aromatic N) is 4. The molecule has 3 heterocycles. The van der Waals surface area contributed by atoms with Gasteiger partial charge in [0.25, 0.3) is 0 Å². The molecule has 0 spiro atoms. The number of benzene rings is 6. The second kappa shape index (κ2) is 13.4. The van der Waals surface area contributed by atoms with E-state index in [1.165, 1.54) is 66.0 Å². The Kier molecular flexibility index (Phi) is 7.73. The number of rotatable bonds is 6. The van der Waals surface area contributed by atoms with E-state index < -0.39 is 0 Å². The van der Waals surface area contributed by atoms with Crippen molar-refractivity contribution >= 4 is 60.5 Å². The molecule has 6 aromatic carbocycles. The smallest absolute Gasteiger partial charge is 0.156 e. The monoisotopic (exact) mass is 718 g/mol. The largest absolute Gasteiger partial charge is 0.333 e. The van der Waals surface area contributed by atoms with Crippen LogP contribution >= 0.6 is 0 Å². The molecule has 3 aromatic heterocycles. The van der Waals surface area contributed by atoms with Gasteiger partial charge in [-0.1, -0.05) is 152 Å². The average Bonchev–Trinajstić information content (AvgIpc) is 3.80. The molecule has 0 aliphatic heterocycles. The van der Waals surface area contributed by atoms with Gasteiger partial charge in [0.05, 0.1) is 28.5 Å². The molecule has 11 rings (SSSR count). The molecule has 0 bridgehead atoms. The van der Waals surface area contributed by atoms with Gasteiger partial charge in [0.1, 0.15) is 0 Å². The molecule has 0 amide bonds. The third kappa shape index (κ3) is 5.45. The average molecular weight is 719 g/mol. The van der Waals surface area contributed by atoms with E-state index in [9.17, 15) is 0 Å². The molecule has 0 saturated heterocycles. The highest BCUT2D eigenvalue weighted by molar-refractivity contribution is 6.11. The van der Waals surface area contributed by atoms with Gasteiger partial charge < -0.3 is 9.13 Å². The molecule has 56 heavy (non-hydrogen) atoms. The van der Waals surface area contributed by atoms with Crippen LogP contribution in [-0.4, -0.2) is 19.1 Å². The van der Waals surface area contributed by atoms with Crippen molar-refractivity contribution in [2.24, 2.45) is 0 Å². The molecule has 2 aliphatic carbocycles. The number of fused-ring (bicyclic) bond motifs is 6. The first kappa shape index (κ1) is 32.4. The van der Waals surface area contributed by atoms with Gasteiger partial charge in [-0.15, -0.1) is 0 Å². The summed E-state index contributed by atoms with van der Waals surface area (Å²) in [5.41, 5.74) is 13.7. The van der Waals surface area contributed by atoms with Crippen LogP contribution in [0.15, 0.2) is 188 Å². The van der Waals surface area contributed by atoms with Gasteiger partial charge in [-0.05, 0) is 65.9 Å². The van der Waals surface area contributed by atoms with Gasteiger partial charge in [0, 0.05) is 55.8 Å². The lowest BCUT2D eigenvalue weighted by molar-refractivity contribution is 0.647. The van der Waals surface area contributed by atoms with Crippen LogP contribution in [-0.2, 0) is 0 Å². The molecule has 0 N–H and O–H groups in total. The van der Waals surface area contributed by atoms with E-state index >= 15 is 0 Å². The minimum Gasteiger partial charge on any atom is -0.333 e. The summed E-state index contributed by atoms with van der Waals surface area (Å²) in [4.78, 5) is 10.7. The molecular formula is C52H38N4. The molecule has 4 nitrogen and oxygen atoms in total. The van der Waals surface area contributed by atoms with Crippen molar-refractivity contribution in [1.82, 2.24) is 19.1 Å². The molecule has 0 fully saturated rings. The molecule has 1 atom stereocenters. The minimum atomic E-state index is 0.0265. The molecular weight excluding hydrogens is 681 g/mol. The maximum Gasteiger partial charge on any atom is 0.156 e. The maximum atomic E-state index is 5.41. The van der Waals surface area contributed by atoms with Crippen LogP contribution < -0.4 is 0 Å². The Hall–Kier alpha value is -7.04. The van der Waals surface area contributed by atoms with E-state index in [4.69, 9.17) is 9.97 Å². The lowest BCUT2D eigenvalue weighted by Crippen LogP contribution is -2.14. The van der Waals surface area contributed by atoms with Crippen molar-refractivity contribution in [2.75, 3.05) is 0 Å². The highest BCUT2D eigenvalue weighted by Gasteiger charge is 2.26. The van der Waals surface area contributed by atoms with Crippen LogP contribution in [0.2, 0.25) is 0 Å². The van der Waals surface area contributed by atoms with Crippen LogP contribution in [0.1, 0.15) is 36.8 Å². The van der Waals surface area contributed by atoms with E-state index in [-0.39, 0.29) is 6.04 Å². The van der Waals surface area contributed by atoms with Crippen molar-refractivity contribution in [1.29, 1.82) is 0 Å². The predicted molar refractivity (Wildman–Crippen MR) is 234 cm³/mol. The van der Waals surface area contributed by atoms with Crippen molar-refractivity contribution in [3.05, 3.63) is 200 Å². The summed E-state index contributed by atoms with van der Waals surface area (Å²) in [7, 11) is 0. The first-order valence-corrected chi connectivity index (χ1v) is 19.6. The van der Waals surface area contributed by atoms with Gasteiger partial charge >= 0.3 is 0 Å². The molecule has 4 heteroatoms. The van der Waals surface area contributed by atoms with Gasteiger partial charge in [-0.25, -0.2) is 9.97 Å². The van der Waals surface area contributed by atoms with Crippen LogP contribution in [0.5, 0.6) is 0 Å². The third-order valence-electron chi connectivity index (χ3n) is 11.5. The molecule has 9 aromatic rings. The lowest BCUT2D eigenvalue weighted by atomic mass is 9.95. The fourth-order valence-electron chi connectivity index (χ4n) is 8.93. The highest BCUT2D eigenvalue weighted by atomic mass is 15.1. The van der Waals surface area contributed by atoms with E-state index in [1.807, 2.05) is 0 Å². The summed E-state index contributed by atoms with van der Waals surface area (Å²) in [6.45, 7) is 0. The predicted octanol–water partition coefficient (Wildman–Crippen LogP) is 13.3. The van der Waals surface area contributed by atoms with E-state index in [1.54, 1.807) is 0 Å². The van der Waals surface area contributed by atoms with E-state index in [0.717, 1.165) is 47.6 Å². The maximum absolute atomic E-state index is 5.41. The quantitative estimate of drug-likeness (QED) is 0.172. The van der Waals surface area contributed by atoms with Crippen molar-refractivity contribution < 1.29 is 0 Å². The van der Waals surface area contributed by atoms with Crippen molar-refractivity contribution in [3.63, 3.8) is 0 Å². The second-order valence-electron chi connectivity index (χ2n) is 14.9. The zero-order valence-corrected chi connectivity index (χ0v) is 30.9. The summed E-state index contributed by atoms with van der Waals surface area (Å²) in [6.07, 6.45) is 14.1. The Labute approximate surface area is 325 Å². The number of hydrogen-bond acceptors (Lipinski definition) is 2. The Balaban J connectivity index is 1.14. The van der Waals surface area contributed by atoms with Gasteiger partial charge in [0.2, 0.25) is 0 Å². The fourth-order valence-corrected chi connectivity index (χ4v) is 8.93. The standard InChI is InChI=1S/C52H38N4/c1-3-15-35(16-4-1)36-27-29-37(30-28-36)46-34-47(54-52(53-46)38-17-5-2-6-18-38)39-31-40(55-48-23-11-7-19-42(48)43-20-8-12-24-49(43)55)33-41(32-39)56-50-25-13-9-21-44(50)45-22-10-14-26-51(45)56/h1-5,7-17,19-32,34,40H,6,18,33H2. The van der Waals surface area contributed by atoms with Crippen LogP contribution in [0, 0.1) is 0 Å². The van der Waals surface area contributed by atoms with Gasteiger partial charge in [-0.2, -0.15) is 0 Å². The summed E-state index contributed by atoms with van der Waals surface area (Å²) in [6, 6.07) is 56.8. The van der Waals surface area contributed by atoms with Crippen molar-refractivity contribution in [3.8, 4) is 22.4 Å². The Morgan fingerprint density at radius 2 is 1.05 bits per heavy atom. The molecule has 0 saturated carbocycles. The number of allylic oxidation sites excluding steroid dienone is 8. The fraction of sp³-hybridized carbons (Fsp3) is 0.0769. The van der Waals surface area contributed by atoms with Crippen molar-refractivity contribution in [2.45, 2.75) is 25.3 Å². The van der Waals surface area contributed by atoms with Gasteiger partial charge in [-0.3, -0.25) is 0 Å². The zero-order chi connectivity index (χ0) is 37.0. The molecule has 266 valence electrons. The molecule has 1 unspecified atom stereocenters. The summed E-state index contributed by atoms with van der Waals surface area (Å²) < 4.78 is 5.03. The number of aromatic nitrogens is 4. The summed E-state index contributed by atoms with van der Waals surface area (Å²) in [5.74, 6) is 0.792. The normalized spacial score (nSPS) is 15.7. The topological polar surface area (TPSA) is 35.6 Å².